The molecule has 0 aromatic heterocycles. The number of hydrogen-bond donors (Lipinski definition) is 1. The minimum Gasteiger partial charge on any atom is -0.393 e. The van der Waals surface area contributed by atoms with E-state index in [1.165, 1.54) is 6.42 Å². The predicted molar refractivity (Wildman–Crippen MR) is 44.4 cm³/mol. The van der Waals surface area contributed by atoms with Crippen LogP contribution in [0.5, 0.6) is 0 Å². The van der Waals surface area contributed by atoms with Crippen LogP contribution in [0.25, 0.3) is 0 Å². The zero-order valence-electron chi connectivity index (χ0n) is 7.33. The maximum Gasteiger partial charge on any atom is 0.0596 e. The molecule has 0 radical (unpaired) electrons. The summed E-state index contributed by atoms with van der Waals surface area (Å²) in [6.45, 7) is 5.61. The van der Waals surface area contributed by atoms with Gasteiger partial charge in [0.2, 0.25) is 0 Å². The first-order chi connectivity index (χ1) is 5.18. The van der Waals surface area contributed by atoms with E-state index < -0.39 is 0 Å². The average Bonchev–Trinajstić information content (AvgIpc) is 2.43. The van der Waals surface area contributed by atoms with Crippen LogP contribution in [0.3, 0.4) is 0 Å². The maximum atomic E-state index is 9.49. The molecule has 2 rings (SSSR count). The largest absolute Gasteiger partial charge is 0.393 e. The van der Waals surface area contributed by atoms with E-state index in [9.17, 15) is 5.11 Å². The van der Waals surface area contributed by atoms with Crippen molar-refractivity contribution < 1.29 is 5.11 Å². The Morgan fingerprint density at radius 3 is 2.45 bits per heavy atom. The van der Waals surface area contributed by atoms with Crippen LogP contribution >= 0.6 is 0 Å². The molecule has 1 aliphatic heterocycles. The zero-order chi connectivity index (χ0) is 8.01. The first kappa shape index (κ1) is 7.56. The van der Waals surface area contributed by atoms with Crippen LogP contribution in [0.4, 0.5) is 0 Å². The Balaban J connectivity index is 2.02. The third-order valence-electron chi connectivity index (χ3n) is 3.21. The van der Waals surface area contributed by atoms with Crippen LogP contribution in [0.15, 0.2) is 0 Å². The van der Waals surface area contributed by atoms with E-state index >= 15 is 0 Å². The van der Waals surface area contributed by atoms with Gasteiger partial charge in [0, 0.05) is 18.6 Å². The van der Waals surface area contributed by atoms with E-state index in [2.05, 4.69) is 18.7 Å². The van der Waals surface area contributed by atoms with Crippen molar-refractivity contribution in [2.45, 2.75) is 44.9 Å². The molecule has 2 heteroatoms. The second-order valence-electron chi connectivity index (χ2n) is 4.24. The van der Waals surface area contributed by atoms with Gasteiger partial charge >= 0.3 is 0 Å². The smallest absolute Gasteiger partial charge is 0.0596 e. The number of aliphatic hydroxyl groups excluding tert-OH is 1. The summed E-state index contributed by atoms with van der Waals surface area (Å²) in [7, 11) is 0. The molecule has 1 aliphatic carbocycles. The fourth-order valence-corrected chi connectivity index (χ4v) is 2.59. The van der Waals surface area contributed by atoms with Crippen molar-refractivity contribution in [2.75, 3.05) is 6.54 Å². The van der Waals surface area contributed by atoms with Crippen molar-refractivity contribution in [3.63, 3.8) is 0 Å². The Morgan fingerprint density at radius 1 is 1.36 bits per heavy atom. The Labute approximate surface area is 68.2 Å². The van der Waals surface area contributed by atoms with Crippen LogP contribution in [0.1, 0.15) is 26.7 Å². The molecule has 0 aromatic rings. The summed E-state index contributed by atoms with van der Waals surface area (Å²) < 4.78 is 0. The van der Waals surface area contributed by atoms with Gasteiger partial charge in [-0.2, -0.15) is 0 Å². The Morgan fingerprint density at radius 2 is 2.09 bits per heavy atom. The summed E-state index contributed by atoms with van der Waals surface area (Å²) in [5, 5.41) is 9.49. The lowest BCUT2D eigenvalue weighted by Gasteiger charge is -2.32. The molecule has 2 bridgehead atoms. The molecule has 2 fully saturated rings. The van der Waals surface area contributed by atoms with E-state index in [0.717, 1.165) is 13.0 Å². The molecule has 3 atom stereocenters. The highest BCUT2D eigenvalue weighted by Gasteiger charge is 2.44. The first-order valence-electron chi connectivity index (χ1n) is 4.62. The molecule has 64 valence electrons. The molecule has 1 N–H and O–H groups in total. The van der Waals surface area contributed by atoms with Gasteiger partial charge in [0.15, 0.2) is 0 Å². The van der Waals surface area contributed by atoms with Crippen molar-refractivity contribution in [3.8, 4) is 0 Å². The van der Waals surface area contributed by atoms with Gasteiger partial charge in [-0.05, 0) is 32.6 Å². The van der Waals surface area contributed by atoms with Crippen molar-refractivity contribution in [2.24, 2.45) is 5.92 Å². The van der Waals surface area contributed by atoms with Crippen molar-refractivity contribution in [3.05, 3.63) is 0 Å². The summed E-state index contributed by atoms with van der Waals surface area (Å²) in [4.78, 5) is 2.53. The second-order valence-corrected chi connectivity index (χ2v) is 4.24. The fourth-order valence-electron chi connectivity index (χ4n) is 2.59. The van der Waals surface area contributed by atoms with Crippen molar-refractivity contribution in [1.82, 2.24) is 4.90 Å². The van der Waals surface area contributed by atoms with Crippen LogP contribution in [0.2, 0.25) is 0 Å². The van der Waals surface area contributed by atoms with Crippen LogP contribution < -0.4 is 0 Å². The third kappa shape index (κ3) is 1.09. The SMILES string of the molecule is CC(C)N1C[C@@H]2C[C@H]1C[C@@H]2O. The third-order valence-corrected chi connectivity index (χ3v) is 3.21. The normalized spacial score (nSPS) is 44.2. The lowest BCUT2D eigenvalue weighted by Crippen LogP contribution is -2.41. The number of nitrogens with zero attached hydrogens (tertiary/aromatic N) is 1. The first-order valence-corrected chi connectivity index (χ1v) is 4.62. The van der Waals surface area contributed by atoms with Gasteiger partial charge in [-0.3, -0.25) is 4.90 Å². The molecule has 0 unspecified atom stereocenters. The maximum absolute atomic E-state index is 9.49. The number of rotatable bonds is 1. The monoisotopic (exact) mass is 155 g/mol. The summed E-state index contributed by atoms with van der Waals surface area (Å²) in [6, 6.07) is 1.35. The van der Waals surface area contributed by atoms with Gasteiger partial charge < -0.3 is 5.11 Å². The van der Waals surface area contributed by atoms with Crippen molar-refractivity contribution >= 4 is 0 Å². The van der Waals surface area contributed by atoms with E-state index in [1.807, 2.05) is 0 Å². The van der Waals surface area contributed by atoms with E-state index in [4.69, 9.17) is 0 Å². The highest BCUT2D eigenvalue weighted by Crippen LogP contribution is 2.38. The summed E-state index contributed by atoms with van der Waals surface area (Å²) in [5.41, 5.74) is 0. The van der Waals surface area contributed by atoms with Crippen molar-refractivity contribution in [1.29, 1.82) is 0 Å². The molecule has 0 spiro atoms. The molecule has 1 saturated carbocycles. The molecule has 11 heavy (non-hydrogen) atoms. The Bertz CT molecular complexity index is 156. The predicted octanol–water partition coefficient (Wildman–Crippen LogP) is 0.850. The van der Waals surface area contributed by atoms with Gasteiger partial charge in [0.1, 0.15) is 0 Å². The second kappa shape index (κ2) is 2.46. The molecule has 1 saturated heterocycles. The van der Waals surface area contributed by atoms with Gasteiger partial charge in [-0.15, -0.1) is 0 Å². The molecule has 1 heterocycles. The average molecular weight is 155 g/mol. The van der Waals surface area contributed by atoms with Gasteiger partial charge in [0.05, 0.1) is 6.10 Å². The molecule has 2 aliphatic rings. The summed E-state index contributed by atoms with van der Waals surface area (Å²) >= 11 is 0. The molecule has 0 amide bonds. The van der Waals surface area contributed by atoms with Crippen LogP contribution in [-0.2, 0) is 0 Å². The fraction of sp³-hybridized carbons (Fsp3) is 1.00. The topological polar surface area (TPSA) is 23.5 Å². The van der Waals surface area contributed by atoms with E-state index in [-0.39, 0.29) is 6.10 Å². The minimum absolute atomic E-state index is 0.00926. The molecule has 0 aromatic carbocycles. The van der Waals surface area contributed by atoms with E-state index in [0.29, 0.717) is 18.0 Å². The number of likely N-dealkylation sites (tertiary alicyclic amines) is 1. The summed E-state index contributed by atoms with van der Waals surface area (Å²) in [6.07, 6.45) is 2.26. The molecular weight excluding hydrogens is 138 g/mol. The van der Waals surface area contributed by atoms with Gasteiger partial charge in [-0.1, -0.05) is 0 Å². The molecular formula is C9H17NO. The Hall–Kier alpha value is -0.0800. The Kier molecular flexibility index (Phi) is 1.69. The lowest BCUT2D eigenvalue weighted by molar-refractivity contribution is 0.0612. The number of hydrogen-bond acceptors (Lipinski definition) is 2. The lowest BCUT2D eigenvalue weighted by atomic mass is 10.1. The number of piperidine rings is 1. The van der Waals surface area contributed by atoms with Gasteiger partial charge in [-0.25, -0.2) is 0 Å². The highest BCUT2D eigenvalue weighted by molar-refractivity contribution is 4.98. The number of fused-ring (bicyclic) bond motifs is 2. The quantitative estimate of drug-likeness (QED) is 0.607. The minimum atomic E-state index is 0.00926. The number of aliphatic hydroxyl groups is 1. The van der Waals surface area contributed by atoms with E-state index in [1.54, 1.807) is 0 Å². The zero-order valence-corrected chi connectivity index (χ0v) is 7.33. The standard InChI is InChI=1S/C9H17NO/c1-6(2)10-5-7-3-8(10)4-9(7)11/h6-9,11H,3-5H2,1-2H3/t7-,8-,9-/m0/s1. The summed E-state index contributed by atoms with van der Waals surface area (Å²) in [5.74, 6) is 0.586. The van der Waals surface area contributed by atoms with Crippen LogP contribution in [0, 0.1) is 5.92 Å². The molecule has 2 nitrogen and oxygen atoms in total. The van der Waals surface area contributed by atoms with Gasteiger partial charge in [0.25, 0.3) is 0 Å². The highest BCUT2D eigenvalue weighted by atomic mass is 16.3. The van der Waals surface area contributed by atoms with Crippen LogP contribution in [-0.4, -0.2) is 34.7 Å².